The molecule has 5 nitrogen and oxygen atoms in total. The summed E-state index contributed by atoms with van der Waals surface area (Å²) in [5, 5.41) is 3.92. The first-order valence-corrected chi connectivity index (χ1v) is 23.4. The van der Waals surface area contributed by atoms with Crippen LogP contribution < -0.4 is 0 Å². The summed E-state index contributed by atoms with van der Waals surface area (Å²) in [4.78, 5) is 15.9. The molecule has 2 aliphatic carbocycles. The van der Waals surface area contributed by atoms with Crippen molar-refractivity contribution in [3.05, 3.63) is 247 Å². The number of benzene rings is 10. The molecule has 0 fully saturated rings. The third-order valence-electron chi connectivity index (χ3n) is 14.6. The van der Waals surface area contributed by atoms with Gasteiger partial charge in [-0.1, -0.05) is 194 Å². The lowest BCUT2D eigenvalue weighted by molar-refractivity contribution is 0.668. The van der Waals surface area contributed by atoms with Gasteiger partial charge in [0, 0.05) is 38.2 Å². The van der Waals surface area contributed by atoms with Crippen molar-refractivity contribution in [2.75, 3.05) is 0 Å². The number of hydrogen-bond donors (Lipinski definition) is 0. The van der Waals surface area contributed by atoms with Gasteiger partial charge in [0.05, 0.1) is 5.41 Å². The fraction of sp³-hybridized carbons (Fsp3) is 0.0156. The topological polar surface area (TPSA) is 65.0 Å². The Bertz CT molecular complexity index is 4210. The average Bonchev–Trinajstić information content (AvgIpc) is 4.16. The number of furan rings is 2. The molecule has 2 aliphatic rings. The summed E-state index contributed by atoms with van der Waals surface area (Å²) in [6, 6.07) is 79.7. The summed E-state index contributed by atoms with van der Waals surface area (Å²) < 4.78 is 13.1. The number of para-hydroxylation sites is 1. The Hall–Kier alpha value is -9.19. The molecule has 0 N–H and O–H groups in total. The average molecular weight is 880 g/mol. The normalized spacial score (nSPS) is 13.0. The molecule has 0 atom stereocenters. The second-order valence-corrected chi connectivity index (χ2v) is 18.1. The Morgan fingerprint density at radius 3 is 1.42 bits per heavy atom. The second kappa shape index (κ2) is 14.4. The van der Waals surface area contributed by atoms with Gasteiger partial charge in [-0.05, 0) is 97.1 Å². The molecule has 3 aromatic heterocycles. The first-order chi connectivity index (χ1) is 34.2. The maximum Gasteiger partial charge on any atom is 0.164 e. The molecule has 13 aromatic rings. The lowest BCUT2D eigenvalue weighted by Crippen LogP contribution is -2.25. The predicted octanol–water partition coefficient (Wildman–Crippen LogP) is 16.3. The van der Waals surface area contributed by atoms with Crippen LogP contribution in [0.1, 0.15) is 22.3 Å². The van der Waals surface area contributed by atoms with Crippen LogP contribution >= 0.6 is 0 Å². The van der Waals surface area contributed by atoms with Gasteiger partial charge in [-0.25, -0.2) is 15.0 Å². The second-order valence-electron chi connectivity index (χ2n) is 18.1. The summed E-state index contributed by atoms with van der Waals surface area (Å²) in [6.45, 7) is 0. The van der Waals surface area contributed by atoms with E-state index in [1.165, 1.54) is 50.1 Å². The highest BCUT2D eigenvalue weighted by Gasteiger charge is 2.52. The predicted molar refractivity (Wildman–Crippen MR) is 278 cm³/mol. The van der Waals surface area contributed by atoms with Crippen LogP contribution in [0.4, 0.5) is 0 Å². The molecule has 0 amide bonds. The van der Waals surface area contributed by atoms with Crippen LogP contribution in [-0.4, -0.2) is 15.0 Å². The number of rotatable bonds is 5. The Morgan fingerprint density at radius 1 is 0.275 bits per heavy atom. The fourth-order valence-electron chi connectivity index (χ4n) is 11.7. The van der Waals surface area contributed by atoms with Crippen LogP contribution in [-0.2, 0) is 5.41 Å². The molecule has 320 valence electrons. The van der Waals surface area contributed by atoms with Gasteiger partial charge in [-0.2, -0.15) is 0 Å². The molecule has 0 saturated carbocycles. The van der Waals surface area contributed by atoms with Gasteiger partial charge < -0.3 is 8.83 Å². The number of nitrogens with zero attached hydrogens (tertiary/aromatic N) is 3. The van der Waals surface area contributed by atoms with E-state index in [4.69, 9.17) is 23.8 Å². The van der Waals surface area contributed by atoms with Gasteiger partial charge in [0.25, 0.3) is 0 Å². The van der Waals surface area contributed by atoms with Crippen molar-refractivity contribution >= 4 is 43.9 Å². The number of hydrogen-bond acceptors (Lipinski definition) is 5. The molecule has 3 heterocycles. The van der Waals surface area contributed by atoms with E-state index in [-0.39, 0.29) is 0 Å². The van der Waals surface area contributed by atoms with E-state index in [1.54, 1.807) is 0 Å². The molecule has 0 saturated heterocycles. The minimum atomic E-state index is -0.433. The third-order valence-corrected chi connectivity index (χ3v) is 14.6. The minimum Gasteiger partial charge on any atom is -0.456 e. The van der Waals surface area contributed by atoms with Crippen molar-refractivity contribution in [1.29, 1.82) is 0 Å². The molecule has 15 rings (SSSR count). The van der Waals surface area contributed by atoms with Crippen LogP contribution in [0.2, 0.25) is 0 Å². The van der Waals surface area contributed by atoms with Crippen molar-refractivity contribution < 1.29 is 8.83 Å². The summed E-state index contributed by atoms with van der Waals surface area (Å²) in [5.41, 5.74) is 20.3. The zero-order chi connectivity index (χ0) is 45.2. The smallest absolute Gasteiger partial charge is 0.164 e. The van der Waals surface area contributed by atoms with Crippen molar-refractivity contribution in [1.82, 2.24) is 15.0 Å². The Morgan fingerprint density at radius 2 is 0.725 bits per heavy atom. The largest absolute Gasteiger partial charge is 0.456 e. The van der Waals surface area contributed by atoms with Gasteiger partial charge in [-0.15, -0.1) is 0 Å². The molecule has 0 radical (unpaired) electrons. The molecular weight excluding hydrogens is 843 g/mol. The third kappa shape index (κ3) is 5.38. The first-order valence-electron chi connectivity index (χ1n) is 23.4. The Labute approximate surface area is 396 Å². The standard InChI is InChI=1S/C64H37N3O2/c1-2-15-38(16-3-1)39-31-33-40(34-32-39)61-65-62(47-22-13-29-56-59(47)46-20-7-11-28-54(46)68-56)67-63(66-61)48-23-14-30-57-60(48)49-37-41(35-36-55(49)69-57)42-21-12-27-53-58(42)45-19-6-10-26-52(45)64(53)50-24-8-4-17-43(50)44-18-5-9-25-51(44)64/h1-37H. The Kier molecular flexibility index (Phi) is 7.93. The van der Waals surface area contributed by atoms with E-state index >= 15 is 0 Å². The van der Waals surface area contributed by atoms with Crippen LogP contribution in [0.25, 0.3) is 123 Å². The van der Waals surface area contributed by atoms with E-state index in [9.17, 15) is 0 Å². The molecule has 1 spiro atoms. The summed E-state index contributed by atoms with van der Waals surface area (Å²) in [5.74, 6) is 1.69. The van der Waals surface area contributed by atoms with Crippen LogP contribution in [0.3, 0.4) is 0 Å². The highest BCUT2D eigenvalue weighted by Crippen LogP contribution is 2.64. The van der Waals surface area contributed by atoms with E-state index < -0.39 is 5.41 Å². The summed E-state index contributed by atoms with van der Waals surface area (Å²) in [7, 11) is 0. The van der Waals surface area contributed by atoms with Crippen molar-refractivity contribution in [3.8, 4) is 78.7 Å². The molecule has 5 heteroatoms. The maximum absolute atomic E-state index is 6.71. The van der Waals surface area contributed by atoms with Crippen molar-refractivity contribution in [2.45, 2.75) is 5.41 Å². The van der Waals surface area contributed by atoms with Crippen molar-refractivity contribution in [3.63, 3.8) is 0 Å². The van der Waals surface area contributed by atoms with Crippen LogP contribution in [0.5, 0.6) is 0 Å². The quantitative estimate of drug-likeness (QED) is 0.172. The van der Waals surface area contributed by atoms with E-state index in [2.05, 4.69) is 176 Å². The molecular formula is C64H37N3O2. The van der Waals surface area contributed by atoms with Gasteiger partial charge in [0.15, 0.2) is 17.5 Å². The molecule has 0 bridgehead atoms. The van der Waals surface area contributed by atoms with Gasteiger partial charge in [-0.3, -0.25) is 0 Å². The summed E-state index contributed by atoms with van der Waals surface area (Å²) >= 11 is 0. The number of fused-ring (bicyclic) bond motifs is 16. The maximum atomic E-state index is 6.71. The van der Waals surface area contributed by atoms with Gasteiger partial charge in [0.2, 0.25) is 0 Å². The SMILES string of the molecule is c1ccc(-c2ccc(-c3nc(-c4cccc5oc6ccccc6c45)nc(-c4cccc5oc6ccc(-c7cccc8c7-c7ccccc7C87c8ccccc8-c8ccccc87)cc6c45)n3)cc2)cc1. The molecule has 10 aromatic carbocycles. The minimum absolute atomic E-state index is 0.433. The molecule has 0 aliphatic heterocycles. The summed E-state index contributed by atoms with van der Waals surface area (Å²) in [6.07, 6.45) is 0. The lowest BCUT2D eigenvalue weighted by Gasteiger charge is -2.30. The number of aromatic nitrogens is 3. The van der Waals surface area contributed by atoms with Gasteiger partial charge >= 0.3 is 0 Å². The van der Waals surface area contributed by atoms with E-state index in [0.717, 1.165) is 77.3 Å². The van der Waals surface area contributed by atoms with E-state index in [1.807, 2.05) is 48.5 Å². The zero-order valence-electron chi connectivity index (χ0n) is 37.0. The van der Waals surface area contributed by atoms with Crippen LogP contribution in [0.15, 0.2) is 233 Å². The fourth-order valence-corrected chi connectivity index (χ4v) is 11.7. The van der Waals surface area contributed by atoms with Gasteiger partial charge in [0.1, 0.15) is 22.3 Å². The first kappa shape index (κ1) is 38.0. The highest BCUT2D eigenvalue weighted by atomic mass is 16.3. The Balaban J connectivity index is 0.941. The van der Waals surface area contributed by atoms with E-state index in [0.29, 0.717) is 17.5 Å². The monoisotopic (exact) mass is 879 g/mol. The lowest BCUT2D eigenvalue weighted by atomic mass is 9.70. The highest BCUT2D eigenvalue weighted by molar-refractivity contribution is 6.14. The molecule has 69 heavy (non-hydrogen) atoms. The zero-order valence-corrected chi connectivity index (χ0v) is 37.0. The molecule has 0 unspecified atom stereocenters. The van der Waals surface area contributed by atoms with Crippen LogP contribution in [0, 0.1) is 0 Å². The van der Waals surface area contributed by atoms with Crippen molar-refractivity contribution in [2.24, 2.45) is 0 Å².